The molecule has 0 spiro atoms. The molecule has 1 amide bonds. The van der Waals surface area contributed by atoms with E-state index in [-0.39, 0.29) is 17.3 Å². The molecule has 0 bridgehead atoms. The zero-order valence-electron chi connectivity index (χ0n) is 16.6. The van der Waals surface area contributed by atoms with Crippen LogP contribution in [0.25, 0.3) is 0 Å². The van der Waals surface area contributed by atoms with E-state index < -0.39 is 10.0 Å². The van der Waals surface area contributed by atoms with Gasteiger partial charge in [-0.05, 0) is 70.5 Å². The van der Waals surface area contributed by atoms with Crippen LogP contribution >= 0.6 is 15.9 Å². The third kappa shape index (κ3) is 6.41. The molecule has 0 radical (unpaired) electrons. The van der Waals surface area contributed by atoms with E-state index in [1.807, 2.05) is 0 Å². The Labute approximate surface area is 188 Å². The molecular formula is C21H21BrN2O6S. The van der Waals surface area contributed by atoms with Gasteiger partial charge in [0.15, 0.2) is 0 Å². The first-order valence-electron chi connectivity index (χ1n) is 9.24. The minimum absolute atomic E-state index is 0.0495. The van der Waals surface area contributed by atoms with Crippen LogP contribution in [0.2, 0.25) is 0 Å². The fourth-order valence-electron chi connectivity index (χ4n) is 2.58. The summed E-state index contributed by atoms with van der Waals surface area (Å²) in [5.74, 6) is 0.773. The van der Waals surface area contributed by atoms with Gasteiger partial charge in [-0.2, -0.15) is 0 Å². The van der Waals surface area contributed by atoms with Crippen molar-refractivity contribution >= 4 is 37.5 Å². The van der Waals surface area contributed by atoms with Crippen LogP contribution < -0.4 is 14.8 Å². The Bertz CT molecular complexity index is 1120. The molecule has 164 valence electrons. The van der Waals surface area contributed by atoms with E-state index in [4.69, 9.17) is 13.9 Å². The lowest BCUT2D eigenvalue weighted by Gasteiger charge is -2.10. The highest BCUT2D eigenvalue weighted by atomic mass is 79.9. The molecule has 8 nitrogen and oxygen atoms in total. The Morgan fingerprint density at radius 3 is 2.52 bits per heavy atom. The van der Waals surface area contributed by atoms with Gasteiger partial charge >= 0.3 is 0 Å². The van der Waals surface area contributed by atoms with Gasteiger partial charge in [0.1, 0.15) is 18.1 Å². The van der Waals surface area contributed by atoms with Crippen LogP contribution in [0.4, 0.5) is 5.69 Å². The number of hydrogen-bond donors (Lipinski definition) is 2. The van der Waals surface area contributed by atoms with Crippen LogP contribution in [0.1, 0.15) is 16.1 Å². The standard InChI is InChI=1S/C21H21BrN2O6S/c1-28-11-12-30-20-9-4-15(13-19(20)22)21(25)24-16-5-7-18(8-6-16)31(26,27)23-14-17-3-2-10-29-17/h2-10,13,23H,11-12,14H2,1H3,(H,24,25). The van der Waals surface area contributed by atoms with Crippen molar-refractivity contribution in [3.63, 3.8) is 0 Å². The van der Waals surface area contributed by atoms with Gasteiger partial charge in [-0.15, -0.1) is 0 Å². The summed E-state index contributed by atoms with van der Waals surface area (Å²) in [6, 6.07) is 14.2. The van der Waals surface area contributed by atoms with Gasteiger partial charge in [-0.25, -0.2) is 13.1 Å². The fourth-order valence-corrected chi connectivity index (χ4v) is 4.06. The average molecular weight is 509 g/mol. The number of amides is 1. The number of nitrogens with one attached hydrogen (secondary N) is 2. The Balaban J connectivity index is 1.61. The number of methoxy groups -OCH3 is 1. The maximum atomic E-state index is 12.5. The summed E-state index contributed by atoms with van der Waals surface area (Å²) in [4.78, 5) is 12.6. The molecule has 2 aromatic carbocycles. The molecule has 3 rings (SSSR count). The topological polar surface area (TPSA) is 107 Å². The van der Waals surface area contributed by atoms with Crippen molar-refractivity contribution in [2.45, 2.75) is 11.4 Å². The molecule has 3 aromatic rings. The number of furan rings is 1. The molecule has 2 N–H and O–H groups in total. The Hall–Kier alpha value is -2.66. The minimum Gasteiger partial charge on any atom is -0.490 e. The third-order valence-corrected chi connectivity index (χ3v) is 6.21. The van der Waals surface area contributed by atoms with E-state index in [0.29, 0.717) is 40.4 Å². The van der Waals surface area contributed by atoms with E-state index in [2.05, 4.69) is 26.0 Å². The predicted molar refractivity (Wildman–Crippen MR) is 119 cm³/mol. The molecule has 0 aliphatic carbocycles. The molecule has 31 heavy (non-hydrogen) atoms. The lowest BCUT2D eigenvalue weighted by Crippen LogP contribution is -2.23. The number of rotatable bonds is 10. The predicted octanol–water partition coefficient (Wildman–Crippen LogP) is 3.80. The van der Waals surface area contributed by atoms with Crippen LogP contribution in [0.5, 0.6) is 5.75 Å². The van der Waals surface area contributed by atoms with Crippen molar-refractivity contribution in [3.05, 3.63) is 76.7 Å². The highest BCUT2D eigenvalue weighted by molar-refractivity contribution is 9.10. The molecule has 0 aliphatic heterocycles. The van der Waals surface area contributed by atoms with E-state index in [0.717, 1.165) is 0 Å². The number of halogens is 1. The molecule has 1 heterocycles. The number of ether oxygens (including phenoxy) is 2. The molecule has 0 unspecified atom stereocenters. The zero-order valence-corrected chi connectivity index (χ0v) is 19.0. The first-order chi connectivity index (χ1) is 14.9. The van der Waals surface area contributed by atoms with E-state index >= 15 is 0 Å². The van der Waals surface area contributed by atoms with Crippen LogP contribution in [0.15, 0.2) is 74.6 Å². The monoisotopic (exact) mass is 508 g/mol. The highest BCUT2D eigenvalue weighted by Gasteiger charge is 2.15. The Morgan fingerprint density at radius 2 is 1.87 bits per heavy atom. The summed E-state index contributed by atoms with van der Waals surface area (Å²) in [6.45, 7) is 0.902. The number of hydrogen-bond acceptors (Lipinski definition) is 6. The molecule has 0 saturated carbocycles. The van der Waals surface area contributed by atoms with Crippen molar-refractivity contribution in [2.24, 2.45) is 0 Å². The van der Waals surface area contributed by atoms with Crippen molar-refractivity contribution < 1.29 is 27.1 Å². The SMILES string of the molecule is COCCOc1ccc(C(=O)Nc2ccc(S(=O)(=O)NCc3ccco3)cc2)cc1Br. The number of anilines is 1. The maximum Gasteiger partial charge on any atom is 0.255 e. The first kappa shape index (κ1) is 23.0. The quantitative estimate of drug-likeness (QED) is 0.403. The normalized spacial score (nSPS) is 11.3. The van der Waals surface area contributed by atoms with E-state index in [1.165, 1.54) is 30.5 Å². The number of sulfonamides is 1. The van der Waals surface area contributed by atoms with Crippen molar-refractivity contribution in [1.82, 2.24) is 4.72 Å². The van der Waals surface area contributed by atoms with Crippen LogP contribution in [-0.2, 0) is 21.3 Å². The van der Waals surface area contributed by atoms with Crippen LogP contribution in [-0.4, -0.2) is 34.6 Å². The molecule has 0 saturated heterocycles. The van der Waals surface area contributed by atoms with Crippen LogP contribution in [0, 0.1) is 0 Å². The van der Waals surface area contributed by atoms with Crippen molar-refractivity contribution in [2.75, 3.05) is 25.6 Å². The smallest absolute Gasteiger partial charge is 0.255 e. The maximum absolute atomic E-state index is 12.5. The van der Waals surface area contributed by atoms with Gasteiger partial charge in [0, 0.05) is 18.4 Å². The molecule has 0 fully saturated rings. The van der Waals surface area contributed by atoms with E-state index in [9.17, 15) is 13.2 Å². The summed E-state index contributed by atoms with van der Waals surface area (Å²) < 4.78 is 43.5. The molecule has 10 heteroatoms. The number of benzene rings is 2. The summed E-state index contributed by atoms with van der Waals surface area (Å²) in [6.07, 6.45) is 1.47. The second-order valence-corrected chi connectivity index (χ2v) is 8.99. The van der Waals surface area contributed by atoms with Gasteiger partial charge in [-0.3, -0.25) is 4.79 Å². The zero-order chi connectivity index (χ0) is 22.3. The van der Waals surface area contributed by atoms with Crippen molar-refractivity contribution in [1.29, 1.82) is 0 Å². The highest BCUT2D eigenvalue weighted by Crippen LogP contribution is 2.26. The molecule has 0 aliphatic rings. The summed E-state index contributed by atoms with van der Waals surface area (Å²) in [5.41, 5.74) is 0.884. The fraction of sp³-hybridized carbons (Fsp3) is 0.190. The average Bonchev–Trinajstić information content (AvgIpc) is 3.28. The summed E-state index contributed by atoms with van der Waals surface area (Å²) in [5, 5.41) is 2.74. The van der Waals surface area contributed by atoms with Gasteiger partial charge in [0.25, 0.3) is 5.91 Å². The van der Waals surface area contributed by atoms with Gasteiger partial charge in [0.05, 0.1) is 28.8 Å². The molecule has 0 atom stereocenters. The Kier molecular flexibility index (Phi) is 7.85. The van der Waals surface area contributed by atoms with Gasteiger partial charge < -0.3 is 19.2 Å². The molecular weight excluding hydrogens is 488 g/mol. The summed E-state index contributed by atoms with van der Waals surface area (Å²) in [7, 11) is -2.12. The van der Waals surface area contributed by atoms with E-state index in [1.54, 1.807) is 37.4 Å². The van der Waals surface area contributed by atoms with Gasteiger partial charge in [0.2, 0.25) is 10.0 Å². The second-order valence-electron chi connectivity index (χ2n) is 6.37. The lowest BCUT2D eigenvalue weighted by atomic mass is 10.2. The first-order valence-corrected chi connectivity index (χ1v) is 11.5. The number of carbonyl (C=O) groups is 1. The van der Waals surface area contributed by atoms with Crippen molar-refractivity contribution in [3.8, 4) is 5.75 Å². The molecule has 1 aromatic heterocycles. The largest absolute Gasteiger partial charge is 0.490 e. The van der Waals surface area contributed by atoms with Crippen LogP contribution in [0.3, 0.4) is 0 Å². The number of carbonyl (C=O) groups excluding carboxylic acids is 1. The van der Waals surface area contributed by atoms with Gasteiger partial charge in [-0.1, -0.05) is 0 Å². The lowest BCUT2D eigenvalue weighted by molar-refractivity contribution is 0.102. The minimum atomic E-state index is -3.71. The summed E-state index contributed by atoms with van der Waals surface area (Å²) >= 11 is 3.39. The Morgan fingerprint density at radius 1 is 1.10 bits per heavy atom. The third-order valence-electron chi connectivity index (χ3n) is 4.18. The second kappa shape index (κ2) is 10.6.